The molecule has 4 amide bonds. The van der Waals surface area contributed by atoms with Crippen molar-refractivity contribution in [1.82, 2.24) is 10.2 Å². The Kier molecular flexibility index (Phi) is 8.46. The molecule has 10 nitrogen and oxygen atoms in total. The van der Waals surface area contributed by atoms with Gasteiger partial charge in [-0.2, -0.15) is 0 Å². The van der Waals surface area contributed by atoms with Crippen molar-refractivity contribution in [3.05, 3.63) is 65.7 Å². The Hall–Kier alpha value is -4.34. The van der Waals surface area contributed by atoms with Crippen molar-refractivity contribution in [2.45, 2.75) is 85.0 Å². The molecule has 3 fully saturated rings. The predicted molar refractivity (Wildman–Crippen MR) is 172 cm³/mol. The maximum absolute atomic E-state index is 13.1. The number of amides is 4. The molecular weight excluding hydrogens is 572 g/mol. The second kappa shape index (κ2) is 11.9. The Morgan fingerprint density at radius 2 is 1.27 bits per heavy atom. The summed E-state index contributed by atoms with van der Waals surface area (Å²) in [6.45, 7) is 12.4. The second-order valence-corrected chi connectivity index (χ2v) is 14.5. The van der Waals surface area contributed by atoms with Crippen LogP contribution in [0.15, 0.2) is 54.6 Å². The summed E-state index contributed by atoms with van der Waals surface area (Å²) in [5.41, 5.74) is 2.42. The first-order chi connectivity index (χ1) is 21.0. The fourth-order valence-electron chi connectivity index (χ4n) is 6.18. The summed E-state index contributed by atoms with van der Waals surface area (Å²) in [4.78, 5) is 52.1. The van der Waals surface area contributed by atoms with Crippen molar-refractivity contribution in [3.8, 4) is 0 Å². The zero-order valence-electron chi connectivity index (χ0n) is 27.0. The van der Waals surface area contributed by atoms with Crippen LogP contribution in [0.2, 0.25) is 0 Å². The third kappa shape index (κ3) is 7.49. The molecule has 0 aromatic heterocycles. The molecule has 2 aromatic carbocycles. The lowest BCUT2D eigenvalue weighted by molar-refractivity contribution is -0.201. The monoisotopic (exact) mass is 616 g/mol. The van der Waals surface area contributed by atoms with Crippen LogP contribution >= 0.6 is 0 Å². The van der Waals surface area contributed by atoms with Crippen molar-refractivity contribution < 1.29 is 28.7 Å². The summed E-state index contributed by atoms with van der Waals surface area (Å²) in [5, 5.41) is 8.75. The van der Waals surface area contributed by atoms with Gasteiger partial charge in [0.1, 0.15) is 11.2 Å². The topological polar surface area (TPSA) is 126 Å². The molecule has 0 spiro atoms. The van der Waals surface area contributed by atoms with E-state index in [9.17, 15) is 19.2 Å². The summed E-state index contributed by atoms with van der Waals surface area (Å²) in [6.07, 6.45) is 3.60. The maximum atomic E-state index is 13.1. The molecule has 6 rings (SSSR count). The number of ether oxygens (including phenoxy) is 2. The number of hydrogen-bond acceptors (Lipinski definition) is 6. The van der Waals surface area contributed by atoms with Crippen LogP contribution in [0.5, 0.6) is 0 Å². The molecule has 4 aliphatic rings. The van der Waals surface area contributed by atoms with E-state index >= 15 is 0 Å². The van der Waals surface area contributed by atoms with E-state index < -0.39 is 28.1 Å². The minimum Gasteiger partial charge on any atom is -0.444 e. The number of carbonyl (C=O) groups excluding carboxylic acids is 4. The third-order valence-corrected chi connectivity index (χ3v) is 8.42. The molecule has 0 radical (unpaired) electrons. The Morgan fingerprint density at radius 1 is 0.756 bits per heavy atom. The molecule has 1 aliphatic heterocycles. The summed E-state index contributed by atoms with van der Waals surface area (Å²) in [6, 6.07) is 15.1. The fraction of sp³-hybridized carbons (Fsp3) is 0.486. The minimum absolute atomic E-state index is 0.0448. The van der Waals surface area contributed by atoms with E-state index in [-0.39, 0.29) is 17.9 Å². The molecule has 0 unspecified atom stereocenters. The van der Waals surface area contributed by atoms with E-state index in [1.807, 2.05) is 96.1 Å². The molecule has 3 aliphatic carbocycles. The molecule has 2 bridgehead atoms. The van der Waals surface area contributed by atoms with Crippen LogP contribution in [0.4, 0.5) is 21.0 Å². The fourth-order valence-corrected chi connectivity index (χ4v) is 6.18. The Labute approximate surface area is 264 Å². The molecule has 0 saturated heterocycles. The summed E-state index contributed by atoms with van der Waals surface area (Å²) in [7, 11) is 0. The van der Waals surface area contributed by atoms with Crippen LogP contribution in [0.1, 0.15) is 78.4 Å². The van der Waals surface area contributed by atoms with Crippen molar-refractivity contribution in [3.63, 3.8) is 0 Å². The number of benzene rings is 2. The van der Waals surface area contributed by atoms with Gasteiger partial charge in [-0.25, -0.2) is 9.59 Å². The van der Waals surface area contributed by atoms with Gasteiger partial charge >= 0.3 is 12.2 Å². The molecule has 45 heavy (non-hydrogen) atoms. The lowest BCUT2D eigenvalue weighted by atomic mass is 9.34. The average molecular weight is 617 g/mol. The van der Waals surface area contributed by atoms with Crippen molar-refractivity contribution in [2.75, 3.05) is 23.7 Å². The molecular formula is C35H44N4O6. The van der Waals surface area contributed by atoms with Gasteiger partial charge in [-0.05, 0) is 108 Å². The molecule has 1 heterocycles. The van der Waals surface area contributed by atoms with E-state index in [0.29, 0.717) is 44.6 Å². The molecule has 3 saturated carbocycles. The number of carbonyl (C=O) groups is 4. The van der Waals surface area contributed by atoms with Crippen LogP contribution in [-0.4, -0.2) is 53.2 Å². The number of anilines is 2. The normalized spacial score (nSPS) is 22.2. The molecule has 2 aromatic rings. The number of rotatable bonds is 7. The number of alkyl carbamates (subject to hydrolysis) is 1. The summed E-state index contributed by atoms with van der Waals surface area (Å²) in [5.74, 6) is -0.108. The highest BCUT2D eigenvalue weighted by Crippen LogP contribution is 2.73. The van der Waals surface area contributed by atoms with Crippen LogP contribution in [-0.2, 0) is 25.6 Å². The number of nitrogens with one attached hydrogen (secondary N) is 3. The van der Waals surface area contributed by atoms with Gasteiger partial charge in [0.25, 0.3) is 0 Å². The number of hydrogen-bond donors (Lipinski definition) is 3. The quantitative estimate of drug-likeness (QED) is 0.327. The zero-order valence-corrected chi connectivity index (χ0v) is 27.0. The van der Waals surface area contributed by atoms with Gasteiger partial charge < -0.3 is 30.3 Å². The van der Waals surface area contributed by atoms with Gasteiger partial charge in [-0.15, -0.1) is 0 Å². The highest BCUT2D eigenvalue weighted by molar-refractivity contribution is 6.05. The lowest BCUT2D eigenvalue weighted by Crippen LogP contribution is -2.70. The molecule has 3 N–H and O–H groups in total. The molecule has 240 valence electrons. The zero-order chi connectivity index (χ0) is 32.6. The molecule has 10 heteroatoms. The highest BCUT2D eigenvalue weighted by atomic mass is 16.6. The number of nitrogens with zero attached hydrogens (tertiary/aromatic N) is 1. The molecule has 0 atom stereocenters. The lowest BCUT2D eigenvalue weighted by Gasteiger charge is -2.67. The van der Waals surface area contributed by atoms with Crippen LogP contribution in [0.25, 0.3) is 5.57 Å². The summed E-state index contributed by atoms with van der Waals surface area (Å²) < 4.78 is 10.7. The first-order valence-corrected chi connectivity index (χ1v) is 15.5. The van der Waals surface area contributed by atoms with Gasteiger partial charge in [0.2, 0.25) is 11.8 Å². The van der Waals surface area contributed by atoms with E-state index in [0.717, 1.165) is 28.8 Å². The van der Waals surface area contributed by atoms with E-state index in [2.05, 4.69) is 16.0 Å². The minimum atomic E-state index is -0.561. The first kappa shape index (κ1) is 32.1. The SMILES string of the molecule is CC(C)(C)OC(=O)NCc1ccc(NC(=O)C23CC(C(=O)Nc4ccc(C5=CCN(C(=O)OC(C)(C)C)CC5)cc4)(C2)C3)cc1. The third-order valence-electron chi connectivity index (χ3n) is 8.42. The van der Waals surface area contributed by atoms with Gasteiger partial charge in [0.05, 0.1) is 10.8 Å². The smallest absolute Gasteiger partial charge is 0.410 e. The predicted octanol–water partition coefficient (Wildman–Crippen LogP) is 6.48. The maximum Gasteiger partial charge on any atom is 0.410 e. The Morgan fingerprint density at radius 3 is 1.73 bits per heavy atom. The van der Waals surface area contributed by atoms with Gasteiger partial charge in [-0.3, -0.25) is 9.59 Å². The highest BCUT2D eigenvalue weighted by Gasteiger charge is 2.74. The van der Waals surface area contributed by atoms with E-state index in [4.69, 9.17) is 9.47 Å². The Balaban J connectivity index is 1.06. The van der Waals surface area contributed by atoms with Crippen molar-refractivity contribution in [2.24, 2.45) is 10.8 Å². The summed E-state index contributed by atoms with van der Waals surface area (Å²) >= 11 is 0. The van der Waals surface area contributed by atoms with Crippen molar-refractivity contribution in [1.29, 1.82) is 0 Å². The first-order valence-electron chi connectivity index (χ1n) is 15.5. The van der Waals surface area contributed by atoms with Crippen LogP contribution in [0, 0.1) is 10.8 Å². The average Bonchev–Trinajstić information content (AvgIpc) is 2.90. The second-order valence-electron chi connectivity index (χ2n) is 14.5. The van der Waals surface area contributed by atoms with E-state index in [1.54, 1.807) is 4.90 Å². The van der Waals surface area contributed by atoms with Crippen LogP contribution in [0.3, 0.4) is 0 Å². The van der Waals surface area contributed by atoms with Crippen molar-refractivity contribution >= 4 is 40.9 Å². The van der Waals surface area contributed by atoms with E-state index in [1.165, 1.54) is 0 Å². The standard InChI is InChI=1S/C35H44N4O6/c1-32(2,3)44-30(42)36-19-23-7-11-26(12-8-23)37-28(40)34-20-35(21-34,22-34)29(41)38-27-13-9-24(10-14-27)25-15-17-39(18-16-25)31(43)45-33(4,5)6/h7-15H,16-22H2,1-6H3,(H,36,42)(H,37,40)(H,38,41). The largest absolute Gasteiger partial charge is 0.444 e. The van der Waals surface area contributed by atoms with Crippen LogP contribution < -0.4 is 16.0 Å². The Bertz CT molecular complexity index is 1480. The van der Waals surface area contributed by atoms with Gasteiger partial charge in [-0.1, -0.05) is 30.3 Å². The van der Waals surface area contributed by atoms with Gasteiger partial charge in [0.15, 0.2) is 0 Å². The van der Waals surface area contributed by atoms with Gasteiger partial charge in [0, 0.05) is 31.0 Å².